The second-order valence-corrected chi connectivity index (χ2v) is 8.49. The molecule has 0 aliphatic heterocycles. The number of methoxy groups -OCH3 is 1. The maximum Gasteiger partial charge on any atom is 0.248 e. The van der Waals surface area contributed by atoms with Crippen LogP contribution in [0.25, 0.3) is 0 Å². The molecule has 3 rings (SSSR count). The van der Waals surface area contributed by atoms with Gasteiger partial charge in [0.1, 0.15) is 11.3 Å². The lowest BCUT2D eigenvalue weighted by atomic mass is 9.92. The molecule has 1 unspecified atom stereocenters. The van der Waals surface area contributed by atoms with Gasteiger partial charge in [-0.05, 0) is 43.5 Å². The number of carbonyl (C=O) groups is 1. The van der Waals surface area contributed by atoms with E-state index in [2.05, 4.69) is 10.0 Å². The second-order valence-electron chi connectivity index (χ2n) is 6.78. The molecule has 1 fully saturated rings. The van der Waals surface area contributed by atoms with E-state index < -0.39 is 21.5 Å². The van der Waals surface area contributed by atoms with Crippen LogP contribution in [0.4, 0.5) is 5.69 Å². The van der Waals surface area contributed by atoms with Gasteiger partial charge in [0.05, 0.1) is 17.7 Å². The summed E-state index contributed by atoms with van der Waals surface area (Å²) in [6.45, 7) is 1.60. The van der Waals surface area contributed by atoms with Crippen LogP contribution in [0.1, 0.15) is 25.3 Å². The van der Waals surface area contributed by atoms with Crippen LogP contribution in [-0.2, 0) is 20.4 Å². The SMILES string of the molecule is COc1ccc(S(=O)(=O)NC2CC2)cc1NC(=O)C(C)(N)c1ccccc1.Cl. The number of carbonyl (C=O) groups excluding carboxylic acids is 1. The Labute approximate surface area is 171 Å². The normalized spacial score (nSPS) is 15.8. The highest BCUT2D eigenvalue weighted by Gasteiger charge is 2.32. The Balaban J connectivity index is 0.00000280. The van der Waals surface area contributed by atoms with E-state index in [9.17, 15) is 13.2 Å². The summed E-state index contributed by atoms with van der Waals surface area (Å²) in [6.07, 6.45) is 1.67. The third-order valence-corrected chi connectivity index (χ3v) is 5.99. The highest BCUT2D eigenvalue weighted by atomic mass is 35.5. The Morgan fingerprint density at radius 2 is 1.82 bits per heavy atom. The van der Waals surface area contributed by atoms with Crippen molar-refractivity contribution in [2.24, 2.45) is 5.73 Å². The average Bonchev–Trinajstić information content (AvgIpc) is 3.45. The Hall–Kier alpha value is -2.13. The number of nitrogens with one attached hydrogen (secondary N) is 2. The molecular formula is C19H24ClN3O4S. The van der Waals surface area contributed by atoms with E-state index in [1.807, 2.05) is 6.07 Å². The van der Waals surface area contributed by atoms with Crippen molar-refractivity contribution in [2.45, 2.75) is 36.2 Å². The molecule has 2 aromatic rings. The van der Waals surface area contributed by atoms with E-state index in [1.54, 1.807) is 31.2 Å². The van der Waals surface area contributed by atoms with Gasteiger partial charge in [0.15, 0.2) is 0 Å². The van der Waals surface area contributed by atoms with Gasteiger partial charge in [-0.3, -0.25) is 4.79 Å². The average molecular weight is 426 g/mol. The maximum atomic E-state index is 12.8. The van der Waals surface area contributed by atoms with E-state index >= 15 is 0 Å². The zero-order valence-corrected chi connectivity index (χ0v) is 17.3. The smallest absolute Gasteiger partial charge is 0.248 e. The standard InChI is InChI=1S/C19H23N3O4S.ClH/c1-19(20,13-6-4-3-5-7-13)18(23)21-16-12-15(10-11-17(16)26-2)27(24,25)22-14-8-9-14;/h3-7,10-12,14,22H,8-9,20H2,1-2H3,(H,21,23);1H. The highest BCUT2D eigenvalue weighted by Crippen LogP contribution is 2.30. The maximum absolute atomic E-state index is 12.8. The predicted molar refractivity (Wildman–Crippen MR) is 110 cm³/mol. The first-order valence-corrected chi connectivity index (χ1v) is 10.1. The molecule has 1 aliphatic carbocycles. The number of rotatable bonds is 7. The van der Waals surface area contributed by atoms with Gasteiger partial charge in [0.25, 0.3) is 0 Å². The largest absolute Gasteiger partial charge is 0.495 e. The number of sulfonamides is 1. The number of anilines is 1. The molecule has 1 amide bonds. The zero-order valence-electron chi connectivity index (χ0n) is 15.6. The van der Waals surface area contributed by atoms with Gasteiger partial charge in [-0.2, -0.15) is 0 Å². The highest BCUT2D eigenvalue weighted by molar-refractivity contribution is 7.89. The van der Waals surface area contributed by atoms with Gasteiger partial charge in [0.2, 0.25) is 15.9 Å². The van der Waals surface area contributed by atoms with Crippen molar-refractivity contribution in [1.29, 1.82) is 0 Å². The molecule has 0 bridgehead atoms. The Bertz CT molecular complexity index is 945. The number of amides is 1. The van der Waals surface area contributed by atoms with Crippen molar-refractivity contribution in [3.05, 3.63) is 54.1 Å². The van der Waals surface area contributed by atoms with Crippen LogP contribution in [0.5, 0.6) is 5.75 Å². The second kappa shape index (κ2) is 8.48. The number of hydrogen-bond acceptors (Lipinski definition) is 5. The quantitative estimate of drug-likeness (QED) is 0.630. The number of ether oxygens (including phenoxy) is 1. The van der Waals surface area contributed by atoms with Gasteiger partial charge in [-0.1, -0.05) is 30.3 Å². The van der Waals surface area contributed by atoms with E-state index in [4.69, 9.17) is 10.5 Å². The molecule has 0 heterocycles. The van der Waals surface area contributed by atoms with Crippen LogP contribution >= 0.6 is 12.4 Å². The van der Waals surface area contributed by atoms with Gasteiger partial charge >= 0.3 is 0 Å². The minimum atomic E-state index is -3.66. The van der Waals surface area contributed by atoms with Crippen molar-refractivity contribution < 1.29 is 17.9 Å². The third kappa shape index (κ3) is 4.82. The fraction of sp³-hybridized carbons (Fsp3) is 0.316. The minimum Gasteiger partial charge on any atom is -0.495 e. The number of benzene rings is 2. The predicted octanol–water partition coefficient (Wildman–Crippen LogP) is 2.37. The van der Waals surface area contributed by atoms with E-state index in [1.165, 1.54) is 25.3 Å². The molecule has 4 N–H and O–H groups in total. The molecule has 0 spiro atoms. The molecule has 0 radical (unpaired) electrons. The summed E-state index contributed by atoms with van der Waals surface area (Å²) in [5, 5.41) is 2.70. The van der Waals surface area contributed by atoms with E-state index in [0.717, 1.165) is 12.8 Å². The lowest BCUT2D eigenvalue weighted by Crippen LogP contribution is -2.45. The Kier molecular flexibility index (Phi) is 6.71. The molecule has 0 saturated heterocycles. The van der Waals surface area contributed by atoms with Crippen molar-refractivity contribution in [3.63, 3.8) is 0 Å². The molecule has 1 saturated carbocycles. The lowest BCUT2D eigenvalue weighted by molar-refractivity contribution is -0.120. The Morgan fingerprint density at radius 1 is 1.18 bits per heavy atom. The molecule has 0 aromatic heterocycles. The Morgan fingerprint density at radius 3 is 2.39 bits per heavy atom. The van der Waals surface area contributed by atoms with E-state index in [0.29, 0.717) is 11.3 Å². The summed E-state index contributed by atoms with van der Waals surface area (Å²) in [6, 6.07) is 13.3. The minimum absolute atomic E-state index is 0. The summed E-state index contributed by atoms with van der Waals surface area (Å²) in [7, 11) is -2.21. The van der Waals surface area contributed by atoms with Crippen LogP contribution in [0.3, 0.4) is 0 Å². The molecule has 1 aliphatic rings. The van der Waals surface area contributed by atoms with E-state index in [-0.39, 0.29) is 29.0 Å². The molecule has 7 nitrogen and oxygen atoms in total. The lowest BCUT2D eigenvalue weighted by Gasteiger charge is -2.24. The molecule has 1 atom stereocenters. The molecular weight excluding hydrogens is 402 g/mol. The zero-order chi connectivity index (χ0) is 19.7. The van der Waals surface area contributed by atoms with Gasteiger partial charge in [-0.15, -0.1) is 12.4 Å². The van der Waals surface area contributed by atoms with Crippen LogP contribution in [-0.4, -0.2) is 27.5 Å². The first-order chi connectivity index (χ1) is 12.7. The fourth-order valence-corrected chi connectivity index (χ4v) is 3.94. The first kappa shape index (κ1) is 22.2. The fourth-order valence-electron chi connectivity index (χ4n) is 2.61. The van der Waals surface area contributed by atoms with Crippen molar-refractivity contribution in [1.82, 2.24) is 4.72 Å². The summed E-state index contributed by atoms with van der Waals surface area (Å²) in [5.74, 6) is -0.130. The topological polar surface area (TPSA) is 111 Å². The third-order valence-electron chi connectivity index (χ3n) is 4.47. The number of halogens is 1. The molecule has 2 aromatic carbocycles. The van der Waals surface area contributed by atoms with Crippen LogP contribution < -0.4 is 20.5 Å². The van der Waals surface area contributed by atoms with Crippen molar-refractivity contribution >= 4 is 34.0 Å². The first-order valence-electron chi connectivity index (χ1n) is 8.60. The van der Waals surface area contributed by atoms with Crippen molar-refractivity contribution in [2.75, 3.05) is 12.4 Å². The van der Waals surface area contributed by atoms with Crippen LogP contribution in [0, 0.1) is 0 Å². The summed E-state index contributed by atoms with van der Waals surface area (Å²) in [5.41, 5.74) is 5.82. The van der Waals surface area contributed by atoms with Crippen LogP contribution in [0.15, 0.2) is 53.4 Å². The molecule has 152 valence electrons. The van der Waals surface area contributed by atoms with Crippen molar-refractivity contribution in [3.8, 4) is 5.75 Å². The van der Waals surface area contributed by atoms with Gasteiger partial charge in [-0.25, -0.2) is 13.1 Å². The summed E-state index contributed by atoms with van der Waals surface area (Å²) >= 11 is 0. The van der Waals surface area contributed by atoms with Gasteiger partial charge in [0, 0.05) is 6.04 Å². The monoisotopic (exact) mass is 425 g/mol. The molecule has 9 heteroatoms. The summed E-state index contributed by atoms with van der Waals surface area (Å²) in [4.78, 5) is 12.9. The summed E-state index contributed by atoms with van der Waals surface area (Å²) < 4.78 is 32.8. The number of hydrogen-bond donors (Lipinski definition) is 3. The molecule has 28 heavy (non-hydrogen) atoms. The van der Waals surface area contributed by atoms with Gasteiger partial charge < -0.3 is 15.8 Å². The van der Waals surface area contributed by atoms with Crippen LogP contribution in [0.2, 0.25) is 0 Å². The number of nitrogens with two attached hydrogens (primary N) is 1.